The molecule has 0 aliphatic heterocycles. The fourth-order valence-electron chi connectivity index (χ4n) is 2.10. The van der Waals surface area contributed by atoms with Crippen LogP contribution in [0.15, 0.2) is 24.3 Å². The van der Waals surface area contributed by atoms with Crippen LogP contribution in [0, 0.1) is 5.92 Å². The SMILES string of the molecule is CCN(CCOc1cccc(CN)c1)CC1CC1. The molecule has 1 aromatic rings. The molecular formula is C15H24N2O. The topological polar surface area (TPSA) is 38.5 Å². The molecule has 0 radical (unpaired) electrons. The van der Waals surface area contributed by atoms with Gasteiger partial charge >= 0.3 is 0 Å². The zero-order valence-corrected chi connectivity index (χ0v) is 11.3. The van der Waals surface area contributed by atoms with E-state index in [0.717, 1.165) is 36.9 Å². The van der Waals surface area contributed by atoms with E-state index >= 15 is 0 Å². The molecule has 100 valence electrons. The molecule has 1 aromatic carbocycles. The molecule has 0 heterocycles. The van der Waals surface area contributed by atoms with Crippen LogP contribution in [0.1, 0.15) is 25.3 Å². The minimum Gasteiger partial charge on any atom is -0.492 e. The average Bonchev–Trinajstić information content (AvgIpc) is 3.22. The molecule has 0 spiro atoms. The zero-order chi connectivity index (χ0) is 12.8. The smallest absolute Gasteiger partial charge is 0.119 e. The first-order valence-electron chi connectivity index (χ1n) is 6.96. The highest BCUT2D eigenvalue weighted by molar-refractivity contribution is 5.28. The summed E-state index contributed by atoms with van der Waals surface area (Å²) in [6.07, 6.45) is 2.83. The van der Waals surface area contributed by atoms with Crippen LogP contribution in [0.3, 0.4) is 0 Å². The Morgan fingerprint density at radius 1 is 1.39 bits per heavy atom. The van der Waals surface area contributed by atoms with Crippen LogP contribution in [-0.4, -0.2) is 31.1 Å². The Labute approximate surface area is 110 Å². The first-order valence-corrected chi connectivity index (χ1v) is 6.96. The Morgan fingerprint density at radius 3 is 2.89 bits per heavy atom. The minimum absolute atomic E-state index is 0.569. The van der Waals surface area contributed by atoms with Gasteiger partial charge in [-0.2, -0.15) is 0 Å². The first-order chi connectivity index (χ1) is 8.81. The van der Waals surface area contributed by atoms with Crippen LogP contribution in [-0.2, 0) is 6.54 Å². The molecule has 0 aromatic heterocycles. The van der Waals surface area contributed by atoms with E-state index in [0.29, 0.717) is 6.54 Å². The van der Waals surface area contributed by atoms with Crippen molar-refractivity contribution in [3.63, 3.8) is 0 Å². The summed E-state index contributed by atoms with van der Waals surface area (Å²) in [5.74, 6) is 1.88. The van der Waals surface area contributed by atoms with Crippen LogP contribution in [0.4, 0.5) is 0 Å². The fourth-order valence-corrected chi connectivity index (χ4v) is 2.10. The summed E-state index contributed by atoms with van der Waals surface area (Å²) in [5.41, 5.74) is 6.74. The van der Waals surface area contributed by atoms with E-state index in [2.05, 4.69) is 11.8 Å². The molecular weight excluding hydrogens is 224 g/mol. The zero-order valence-electron chi connectivity index (χ0n) is 11.3. The van der Waals surface area contributed by atoms with Gasteiger partial charge in [0.05, 0.1) is 0 Å². The van der Waals surface area contributed by atoms with Crippen molar-refractivity contribution in [2.45, 2.75) is 26.3 Å². The first kappa shape index (κ1) is 13.4. The van der Waals surface area contributed by atoms with Crippen LogP contribution in [0.5, 0.6) is 5.75 Å². The molecule has 1 saturated carbocycles. The van der Waals surface area contributed by atoms with E-state index in [9.17, 15) is 0 Å². The molecule has 0 unspecified atom stereocenters. The molecule has 3 nitrogen and oxygen atoms in total. The van der Waals surface area contributed by atoms with Gasteiger partial charge in [0.15, 0.2) is 0 Å². The van der Waals surface area contributed by atoms with Gasteiger partial charge in [0.1, 0.15) is 12.4 Å². The van der Waals surface area contributed by atoms with Crippen LogP contribution in [0.25, 0.3) is 0 Å². The van der Waals surface area contributed by atoms with Crippen LogP contribution >= 0.6 is 0 Å². The Morgan fingerprint density at radius 2 is 2.22 bits per heavy atom. The average molecular weight is 248 g/mol. The number of rotatable bonds is 8. The molecule has 18 heavy (non-hydrogen) atoms. The fraction of sp³-hybridized carbons (Fsp3) is 0.600. The Hall–Kier alpha value is -1.06. The number of hydrogen-bond donors (Lipinski definition) is 1. The summed E-state index contributed by atoms with van der Waals surface area (Å²) in [7, 11) is 0. The summed E-state index contributed by atoms with van der Waals surface area (Å²) < 4.78 is 5.79. The lowest BCUT2D eigenvalue weighted by molar-refractivity contribution is 0.210. The second-order valence-corrected chi connectivity index (χ2v) is 5.04. The van der Waals surface area contributed by atoms with Gasteiger partial charge in [0.25, 0.3) is 0 Å². The highest BCUT2D eigenvalue weighted by Gasteiger charge is 2.23. The monoisotopic (exact) mass is 248 g/mol. The normalized spacial score (nSPS) is 15.1. The van der Waals surface area contributed by atoms with Gasteiger partial charge in [-0.3, -0.25) is 4.90 Å². The van der Waals surface area contributed by atoms with Crippen molar-refractivity contribution in [3.05, 3.63) is 29.8 Å². The van der Waals surface area contributed by atoms with E-state index in [1.807, 2.05) is 24.3 Å². The van der Waals surface area contributed by atoms with Crippen molar-refractivity contribution in [1.29, 1.82) is 0 Å². The summed E-state index contributed by atoms with van der Waals surface area (Å²) in [4.78, 5) is 2.48. The Balaban J connectivity index is 1.72. The van der Waals surface area contributed by atoms with Gasteiger partial charge in [0.2, 0.25) is 0 Å². The lowest BCUT2D eigenvalue weighted by Crippen LogP contribution is -2.30. The number of likely N-dealkylation sites (N-methyl/N-ethyl adjacent to an activating group) is 1. The summed E-state index contributed by atoms with van der Waals surface area (Å²) in [6, 6.07) is 8.05. The standard InChI is InChI=1S/C15H24N2O/c1-2-17(12-13-6-7-13)8-9-18-15-5-3-4-14(10-15)11-16/h3-5,10,13H,2,6-9,11-12,16H2,1H3. The molecule has 1 fully saturated rings. The van der Waals surface area contributed by atoms with Crippen molar-refractivity contribution in [2.75, 3.05) is 26.2 Å². The van der Waals surface area contributed by atoms with Gasteiger partial charge < -0.3 is 10.5 Å². The number of nitrogens with zero attached hydrogens (tertiary/aromatic N) is 1. The Kier molecular flexibility index (Phi) is 5.02. The predicted molar refractivity (Wildman–Crippen MR) is 74.7 cm³/mol. The number of nitrogens with two attached hydrogens (primary N) is 1. The third kappa shape index (κ3) is 4.31. The van der Waals surface area contributed by atoms with Crippen molar-refractivity contribution >= 4 is 0 Å². The third-order valence-electron chi connectivity index (χ3n) is 3.47. The van der Waals surface area contributed by atoms with E-state index in [1.165, 1.54) is 19.4 Å². The maximum absolute atomic E-state index is 5.79. The number of benzene rings is 1. The second-order valence-electron chi connectivity index (χ2n) is 5.04. The van der Waals surface area contributed by atoms with E-state index in [1.54, 1.807) is 0 Å². The Bertz CT molecular complexity index is 363. The van der Waals surface area contributed by atoms with E-state index in [-0.39, 0.29) is 0 Å². The molecule has 1 aliphatic rings. The van der Waals surface area contributed by atoms with Crippen molar-refractivity contribution in [2.24, 2.45) is 11.7 Å². The molecule has 0 amide bonds. The molecule has 0 saturated heterocycles. The quantitative estimate of drug-likeness (QED) is 0.767. The van der Waals surface area contributed by atoms with E-state index < -0.39 is 0 Å². The highest BCUT2D eigenvalue weighted by Crippen LogP contribution is 2.29. The predicted octanol–water partition coefficient (Wildman–Crippen LogP) is 2.26. The van der Waals surface area contributed by atoms with Crippen molar-refractivity contribution in [3.8, 4) is 5.75 Å². The summed E-state index contributed by atoms with van der Waals surface area (Å²) >= 11 is 0. The molecule has 1 aliphatic carbocycles. The third-order valence-corrected chi connectivity index (χ3v) is 3.47. The van der Waals surface area contributed by atoms with Gasteiger partial charge in [-0.1, -0.05) is 19.1 Å². The minimum atomic E-state index is 0.569. The van der Waals surface area contributed by atoms with Gasteiger partial charge in [-0.15, -0.1) is 0 Å². The number of ether oxygens (including phenoxy) is 1. The maximum atomic E-state index is 5.79. The molecule has 0 bridgehead atoms. The lowest BCUT2D eigenvalue weighted by atomic mass is 10.2. The van der Waals surface area contributed by atoms with Crippen molar-refractivity contribution < 1.29 is 4.74 Å². The van der Waals surface area contributed by atoms with Gasteiger partial charge in [-0.25, -0.2) is 0 Å². The largest absolute Gasteiger partial charge is 0.492 e. The van der Waals surface area contributed by atoms with Gasteiger partial charge in [0, 0.05) is 19.6 Å². The van der Waals surface area contributed by atoms with Gasteiger partial charge in [-0.05, 0) is 43.0 Å². The molecule has 3 heteroatoms. The maximum Gasteiger partial charge on any atom is 0.119 e. The lowest BCUT2D eigenvalue weighted by Gasteiger charge is -2.20. The molecule has 0 atom stereocenters. The van der Waals surface area contributed by atoms with Crippen LogP contribution < -0.4 is 10.5 Å². The molecule has 2 N–H and O–H groups in total. The molecule has 2 rings (SSSR count). The summed E-state index contributed by atoms with van der Waals surface area (Å²) in [5, 5.41) is 0. The summed E-state index contributed by atoms with van der Waals surface area (Å²) in [6.45, 7) is 6.91. The van der Waals surface area contributed by atoms with Crippen molar-refractivity contribution in [1.82, 2.24) is 4.90 Å². The van der Waals surface area contributed by atoms with Crippen LogP contribution in [0.2, 0.25) is 0 Å². The second kappa shape index (κ2) is 6.76. The number of hydrogen-bond acceptors (Lipinski definition) is 3. The highest BCUT2D eigenvalue weighted by atomic mass is 16.5. The van der Waals surface area contributed by atoms with E-state index in [4.69, 9.17) is 10.5 Å².